The van der Waals surface area contributed by atoms with Crippen molar-refractivity contribution in [2.24, 2.45) is 5.92 Å². The molecule has 7 nitrogen and oxygen atoms in total. The Labute approximate surface area is 137 Å². The van der Waals surface area contributed by atoms with Gasteiger partial charge in [0.2, 0.25) is 11.8 Å². The van der Waals surface area contributed by atoms with Gasteiger partial charge >= 0.3 is 5.97 Å². The summed E-state index contributed by atoms with van der Waals surface area (Å²) < 4.78 is 0. The lowest BCUT2D eigenvalue weighted by Gasteiger charge is -2.32. The smallest absolute Gasteiger partial charge is 0.326 e. The Hall–Kier alpha value is -1.63. The number of carbonyl (C=O) groups is 3. The van der Waals surface area contributed by atoms with E-state index in [1.165, 1.54) is 6.92 Å². The summed E-state index contributed by atoms with van der Waals surface area (Å²) in [7, 11) is 0. The first kappa shape index (κ1) is 21.4. The van der Waals surface area contributed by atoms with Crippen LogP contribution in [0.25, 0.3) is 0 Å². The van der Waals surface area contributed by atoms with Crippen LogP contribution >= 0.6 is 0 Å². The maximum absolute atomic E-state index is 12.4. The molecule has 3 atom stereocenters. The van der Waals surface area contributed by atoms with Crippen molar-refractivity contribution in [1.82, 2.24) is 10.6 Å². The molecule has 0 heterocycles. The monoisotopic (exact) mass is 330 g/mol. The largest absolute Gasteiger partial charge is 0.480 e. The number of amides is 2. The zero-order valence-electron chi connectivity index (χ0n) is 14.7. The summed E-state index contributed by atoms with van der Waals surface area (Å²) in [5.74, 6) is -2.09. The van der Waals surface area contributed by atoms with Crippen molar-refractivity contribution in [1.29, 1.82) is 0 Å². The van der Waals surface area contributed by atoms with Gasteiger partial charge in [-0.3, -0.25) is 9.59 Å². The number of rotatable bonds is 10. The highest BCUT2D eigenvalue weighted by atomic mass is 16.4. The van der Waals surface area contributed by atoms with Gasteiger partial charge in [0.05, 0.1) is 5.60 Å². The summed E-state index contributed by atoms with van der Waals surface area (Å²) in [5.41, 5.74) is -1.46. The number of carboxylic acid groups (broad SMARTS) is 1. The fourth-order valence-electron chi connectivity index (χ4n) is 2.12. The zero-order valence-corrected chi connectivity index (χ0v) is 14.7. The van der Waals surface area contributed by atoms with E-state index in [0.717, 1.165) is 0 Å². The van der Waals surface area contributed by atoms with Crippen molar-refractivity contribution in [3.05, 3.63) is 0 Å². The fourth-order valence-corrected chi connectivity index (χ4v) is 2.12. The highest BCUT2D eigenvalue weighted by Crippen LogP contribution is 2.16. The van der Waals surface area contributed by atoms with Gasteiger partial charge in [-0.15, -0.1) is 0 Å². The molecule has 0 aliphatic carbocycles. The highest BCUT2D eigenvalue weighted by Gasteiger charge is 2.38. The molecule has 0 aromatic heterocycles. The third-order valence-corrected chi connectivity index (χ3v) is 3.70. The molecule has 0 rings (SSSR count). The summed E-state index contributed by atoms with van der Waals surface area (Å²) >= 11 is 0. The molecule has 7 heteroatoms. The van der Waals surface area contributed by atoms with Crippen LogP contribution < -0.4 is 10.6 Å². The van der Waals surface area contributed by atoms with Crippen LogP contribution in [0.3, 0.4) is 0 Å². The van der Waals surface area contributed by atoms with Crippen LogP contribution in [0.2, 0.25) is 0 Å². The van der Waals surface area contributed by atoms with Gasteiger partial charge in [-0.05, 0) is 32.1 Å². The lowest BCUT2D eigenvalue weighted by atomic mass is 9.92. The van der Waals surface area contributed by atoms with Gasteiger partial charge in [-0.1, -0.05) is 27.7 Å². The van der Waals surface area contributed by atoms with Gasteiger partial charge in [-0.2, -0.15) is 0 Å². The fraction of sp³-hybridized carbons (Fsp3) is 0.812. The molecule has 4 N–H and O–H groups in total. The van der Waals surface area contributed by atoms with E-state index in [9.17, 15) is 24.6 Å². The first-order valence-corrected chi connectivity index (χ1v) is 8.10. The first-order valence-electron chi connectivity index (χ1n) is 8.10. The van der Waals surface area contributed by atoms with Crippen LogP contribution in [-0.2, 0) is 14.4 Å². The summed E-state index contributed by atoms with van der Waals surface area (Å²) in [6.07, 6.45) is 1.35. The molecular formula is C16H30N2O5. The Morgan fingerprint density at radius 2 is 1.70 bits per heavy atom. The van der Waals surface area contributed by atoms with Gasteiger partial charge in [0.1, 0.15) is 12.1 Å². The number of aliphatic hydroxyl groups is 1. The maximum Gasteiger partial charge on any atom is 0.326 e. The van der Waals surface area contributed by atoms with E-state index in [0.29, 0.717) is 6.42 Å². The lowest BCUT2D eigenvalue weighted by molar-refractivity contribution is -0.144. The number of nitrogens with one attached hydrogen (secondary N) is 2. The topological polar surface area (TPSA) is 116 Å². The molecule has 0 spiro atoms. The van der Waals surface area contributed by atoms with E-state index >= 15 is 0 Å². The summed E-state index contributed by atoms with van der Waals surface area (Å²) in [5, 5.41) is 24.5. The van der Waals surface area contributed by atoms with E-state index in [1.54, 1.807) is 6.92 Å². The van der Waals surface area contributed by atoms with E-state index in [1.807, 2.05) is 20.8 Å². The molecule has 0 saturated heterocycles. The molecular weight excluding hydrogens is 300 g/mol. The van der Waals surface area contributed by atoms with Gasteiger partial charge in [0.25, 0.3) is 0 Å². The van der Waals surface area contributed by atoms with E-state index in [2.05, 4.69) is 10.6 Å². The molecule has 23 heavy (non-hydrogen) atoms. The molecule has 0 aliphatic heterocycles. The number of carboxylic acids is 1. The number of hydrogen-bond acceptors (Lipinski definition) is 4. The highest BCUT2D eigenvalue weighted by molar-refractivity contribution is 5.91. The van der Waals surface area contributed by atoms with Crippen molar-refractivity contribution >= 4 is 17.8 Å². The van der Waals surface area contributed by atoms with Crippen molar-refractivity contribution in [3.63, 3.8) is 0 Å². The standard InChI is InChI=1S/C16H30N2O5/c1-6-8-12(19)18-13(16(5,23)7-2)14(20)17-11(15(21)22)9-10(3)4/h10-11,13,23H,6-9H2,1-5H3,(H,17,20)(H,18,19)(H,21,22). The predicted octanol–water partition coefficient (Wildman–Crippen LogP) is 1.05. The molecule has 0 saturated carbocycles. The van der Waals surface area contributed by atoms with Crippen LogP contribution in [0.5, 0.6) is 0 Å². The second-order valence-electron chi connectivity index (χ2n) is 6.49. The molecule has 134 valence electrons. The number of hydrogen-bond donors (Lipinski definition) is 4. The lowest BCUT2D eigenvalue weighted by Crippen LogP contribution is -2.60. The minimum Gasteiger partial charge on any atom is -0.480 e. The Balaban J connectivity index is 5.18. The number of aliphatic carboxylic acids is 1. The van der Waals surface area contributed by atoms with Gasteiger partial charge in [0.15, 0.2) is 0 Å². The molecule has 0 fully saturated rings. The van der Waals surface area contributed by atoms with E-state index < -0.39 is 29.6 Å². The molecule has 0 bridgehead atoms. The molecule has 3 unspecified atom stereocenters. The first-order chi connectivity index (χ1) is 10.5. The van der Waals surface area contributed by atoms with Crippen LogP contribution in [-0.4, -0.2) is 45.7 Å². The average molecular weight is 330 g/mol. The Kier molecular flexibility index (Phi) is 8.82. The Morgan fingerprint density at radius 3 is 2.09 bits per heavy atom. The van der Waals surface area contributed by atoms with Crippen LogP contribution in [0.4, 0.5) is 0 Å². The second kappa shape index (κ2) is 9.50. The van der Waals surface area contributed by atoms with Crippen LogP contribution in [0, 0.1) is 5.92 Å². The molecule has 0 aliphatic rings. The molecule has 0 radical (unpaired) electrons. The minimum atomic E-state index is -1.46. The molecule has 2 amide bonds. The van der Waals surface area contributed by atoms with Crippen LogP contribution in [0.1, 0.15) is 60.3 Å². The van der Waals surface area contributed by atoms with Crippen LogP contribution in [0.15, 0.2) is 0 Å². The third-order valence-electron chi connectivity index (χ3n) is 3.70. The quantitative estimate of drug-likeness (QED) is 0.478. The summed E-state index contributed by atoms with van der Waals surface area (Å²) in [4.78, 5) is 35.5. The average Bonchev–Trinajstić information content (AvgIpc) is 2.43. The Bertz CT molecular complexity index is 421. The number of carbonyl (C=O) groups excluding carboxylic acids is 2. The molecule has 0 aromatic carbocycles. The van der Waals surface area contributed by atoms with Gasteiger partial charge in [-0.25, -0.2) is 4.79 Å². The zero-order chi connectivity index (χ0) is 18.2. The third kappa shape index (κ3) is 7.45. The summed E-state index contributed by atoms with van der Waals surface area (Å²) in [6, 6.07) is -2.25. The maximum atomic E-state index is 12.4. The molecule has 0 aromatic rings. The van der Waals surface area contributed by atoms with E-state index in [4.69, 9.17) is 0 Å². The van der Waals surface area contributed by atoms with Crippen molar-refractivity contribution in [2.45, 2.75) is 78.0 Å². The minimum absolute atomic E-state index is 0.0798. The predicted molar refractivity (Wildman–Crippen MR) is 86.8 cm³/mol. The Morgan fingerprint density at radius 1 is 1.13 bits per heavy atom. The summed E-state index contributed by atoms with van der Waals surface area (Å²) in [6.45, 7) is 8.67. The normalized spacial score (nSPS) is 16.3. The van der Waals surface area contributed by atoms with Gasteiger partial charge in [0, 0.05) is 6.42 Å². The SMILES string of the molecule is CCCC(=O)NC(C(=O)NC(CC(C)C)C(=O)O)C(C)(O)CC. The van der Waals surface area contributed by atoms with Crippen molar-refractivity contribution in [3.8, 4) is 0 Å². The van der Waals surface area contributed by atoms with Crippen molar-refractivity contribution in [2.75, 3.05) is 0 Å². The second-order valence-corrected chi connectivity index (χ2v) is 6.49. The van der Waals surface area contributed by atoms with E-state index in [-0.39, 0.29) is 31.1 Å². The van der Waals surface area contributed by atoms with Gasteiger partial charge < -0.3 is 20.8 Å². The van der Waals surface area contributed by atoms with Crippen molar-refractivity contribution < 1.29 is 24.6 Å².